The molecule has 144 valence electrons. The van der Waals surface area contributed by atoms with Gasteiger partial charge in [0.2, 0.25) is 5.91 Å². The zero-order valence-electron chi connectivity index (χ0n) is 15.7. The van der Waals surface area contributed by atoms with Crippen LogP contribution >= 0.6 is 0 Å². The standard InChI is InChI=1S/C19H29N3O4/c1-12-4-6-14(7-5-12)22-19(24)13(2)21-15-8-9-16(25-3)17(10-15)26-11-18(20)23/h8-10,12-14,21H,4-7,11H2,1-3H3,(H2,20,23)(H,22,24)/t12?,13-,14?/m1/s1. The first-order valence-electron chi connectivity index (χ1n) is 9.05. The summed E-state index contributed by atoms with van der Waals surface area (Å²) in [6, 6.07) is 5.06. The molecule has 4 N–H and O–H groups in total. The normalized spacial score (nSPS) is 20.7. The second-order valence-corrected chi connectivity index (χ2v) is 6.95. The van der Waals surface area contributed by atoms with Crippen molar-refractivity contribution in [3.8, 4) is 11.5 Å². The highest BCUT2D eigenvalue weighted by Gasteiger charge is 2.22. The number of carbonyl (C=O) groups is 2. The number of hydrogen-bond acceptors (Lipinski definition) is 5. The molecule has 1 saturated carbocycles. The summed E-state index contributed by atoms with van der Waals surface area (Å²) in [6.07, 6.45) is 4.39. The van der Waals surface area contributed by atoms with Crippen LogP contribution in [-0.4, -0.2) is 37.6 Å². The van der Waals surface area contributed by atoms with Crippen molar-refractivity contribution in [3.05, 3.63) is 18.2 Å². The van der Waals surface area contributed by atoms with Crippen LogP contribution < -0.4 is 25.8 Å². The van der Waals surface area contributed by atoms with Gasteiger partial charge in [-0.3, -0.25) is 9.59 Å². The molecular weight excluding hydrogens is 334 g/mol. The molecule has 2 rings (SSSR count). The van der Waals surface area contributed by atoms with Gasteiger partial charge in [0.05, 0.1) is 7.11 Å². The van der Waals surface area contributed by atoms with Gasteiger partial charge in [0.15, 0.2) is 18.1 Å². The highest BCUT2D eigenvalue weighted by molar-refractivity contribution is 5.84. The lowest BCUT2D eigenvalue weighted by molar-refractivity contribution is -0.122. The highest BCUT2D eigenvalue weighted by Crippen LogP contribution is 2.30. The number of carbonyl (C=O) groups excluding carboxylic acids is 2. The Hall–Kier alpha value is -2.44. The maximum Gasteiger partial charge on any atom is 0.255 e. The maximum absolute atomic E-state index is 12.4. The zero-order valence-corrected chi connectivity index (χ0v) is 15.7. The van der Waals surface area contributed by atoms with Gasteiger partial charge in [0.1, 0.15) is 6.04 Å². The van der Waals surface area contributed by atoms with E-state index in [9.17, 15) is 9.59 Å². The lowest BCUT2D eigenvalue weighted by Gasteiger charge is -2.28. The Morgan fingerprint density at radius 3 is 2.54 bits per heavy atom. The third-order valence-corrected chi connectivity index (χ3v) is 4.67. The minimum atomic E-state index is -0.569. The molecule has 0 aromatic heterocycles. The molecule has 2 amide bonds. The van der Waals surface area contributed by atoms with Crippen molar-refractivity contribution in [2.45, 2.75) is 51.6 Å². The van der Waals surface area contributed by atoms with Crippen LogP contribution in [0.2, 0.25) is 0 Å². The van der Waals surface area contributed by atoms with Crippen LogP contribution in [0.3, 0.4) is 0 Å². The Morgan fingerprint density at radius 1 is 1.23 bits per heavy atom. The van der Waals surface area contributed by atoms with Gasteiger partial charge in [-0.15, -0.1) is 0 Å². The average molecular weight is 363 g/mol. The summed E-state index contributed by atoms with van der Waals surface area (Å²) in [6.45, 7) is 3.83. The minimum Gasteiger partial charge on any atom is -0.493 e. The largest absolute Gasteiger partial charge is 0.493 e. The van der Waals surface area contributed by atoms with E-state index in [4.69, 9.17) is 15.2 Å². The van der Waals surface area contributed by atoms with E-state index in [0.717, 1.165) is 31.6 Å². The maximum atomic E-state index is 12.4. The first kappa shape index (κ1) is 19.9. The molecule has 1 fully saturated rings. The summed E-state index contributed by atoms with van der Waals surface area (Å²) >= 11 is 0. The van der Waals surface area contributed by atoms with Crippen molar-refractivity contribution >= 4 is 17.5 Å². The van der Waals surface area contributed by atoms with Crippen molar-refractivity contribution in [1.82, 2.24) is 5.32 Å². The van der Waals surface area contributed by atoms with Gasteiger partial charge in [0.25, 0.3) is 5.91 Å². The number of methoxy groups -OCH3 is 1. The minimum absolute atomic E-state index is 0.0278. The Kier molecular flexibility index (Phi) is 7.12. The number of nitrogens with two attached hydrogens (primary N) is 1. The van der Waals surface area contributed by atoms with Gasteiger partial charge >= 0.3 is 0 Å². The fraction of sp³-hybridized carbons (Fsp3) is 0.579. The Morgan fingerprint density at radius 2 is 1.92 bits per heavy atom. The number of rotatable bonds is 8. The van der Waals surface area contributed by atoms with E-state index in [0.29, 0.717) is 17.2 Å². The number of benzene rings is 1. The molecule has 1 aliphatic carbocycles. The van der Waals surface area contributed by atoms with Crippen molar-refractivity contribution < 1.29 is 19.1 Å². The molecule has 1 aliphatic rings. The van der Waals surface area contributed by atoms with Crippen LogP contribution in [-0.2, 0) is 9.59 Å². The Labute approximate surface area is 154 Å². The monoisotopic (exact) mass is 363 g/mol. The fourth-order valence-electron chi connectivity index (χ4n) is 3.07. The van der Waals surface area contributed by atoms with Crippen LogP contribution in [0, 0.1) is 5.92 Å². The quantitative estimate of drug-likeness (QED) is 0.656. The van der Waals surface area contributed by atoms with E-state index < -0.39 is 11.9 Å². The third kappa shape index (κ3) is 5.82. The van der Waals surface area contributed by atoms with Gasteiger partial charge in [-0.1, -0.05) is 6.92 Å². The summed E-state index contributed by atoms with van der Waals surface area (Å²) < 4.78 is 10.6. The highest BCUT2D eigenvalue weighted by atomic mass is 16.5. The second-order valence-electron chi connectivity index (χ2n) is 6.95. The summed E-state index contributed by atoms with van der Waals surface area (Å²) in [4.78, 5) is 23.4. The molecule has 1 atom stereocenters. The first-order chi connectivity index (χ1) is 12.4. The SMILES string of the molecule is COc1ccc(N[C@H](C)C(=O)NC2CCC(C)CC2)cc1OCC(N)=O. The van der Waals surface area contributed by atoms with Crippen LogP contribution in [0.4, 0.5) is 5.69 Å². The summed E-state index contributed by atoms with van der Waals surface area (Å²) in [5, 5.41) is 6.27. The molecule has 0 saturated heterocycles. The number of nitrogens with one attached hydrogen (secondary N) is 2. The molecule has 0 heterocycles. The number of anilines is 1. The van der Waals surface area contributed by atoms with Crippen LogP contribution in [0.5, 0.6) is 11.5 Å². The Bertz CT molecular complexity index is 627. The Balaban J connectivity index is 1.94. The number of ether oxygens (including phenoxy) is 2. The van der Waals surface area contributed by atoms with Gasteiger partial charge in [0, 0.05) is 17.8 Å². The molecular formula is C19H29N3O4. The van der Waals surface area contributed by atoms with E-state index in [2.05, 4.69) is 17.6 Å². The molecule has 7 nitrogen and oxygen atoms in total. The number of amides is 2. The molecule has 1 aromatic rings. The van der Waals surface area contributed by atoms with Crippen LogP contribution in [0.15, 0.2) is 18.2 Å². The van der Waals surface area contributed by atoms with E-state index in [1.807, 2.05) is 6.92 Å². The first-order valence-corrected chi connectivity index (χ1v) is 9.05. The van der Waals surface area contributed by atoms with Gasteiger partial charge in [-0.2, -0.15) is 0 Å². The van der Waals surface area contributed by atoms with Gasteiger partial charge < -0.3 is 25.8 Å². The molecule has 0 spiro atoms. The van der Waals surface area contributed by atoms with Crippen LogP contribution in [0.1, 0.15) is 39.5 Å². The van der Waals surface area contributed by atoms with Crippen molar-refractivity contribution in [2.24, 2.45) is 11.7 Å². The third-order valence-electron chi connectivity index (χ3n) is 4.67. The van der Waals surface area contributed by atoms with Gasteiger partial charge in [-0.05, 0) is 50.7 Å². The van der Waals surface area contributed by atoms with Crippen molar-refractivity contribution in [1.29, 1.82) is 0 Å². The smallest absolute Gasteiger partial charge is 0.255 e. The van der Waals surface area contributed by atoms with E-state index in [-0.39, 0.29) is 18.6 Å². The topological polar surface area (TPSA) is 103 Å². The average Bonchev–Trinajstić information content (AvgIpc) is 2.62. The molecule has 0 aliphatic heterocycles. The summed E-state index contributed by atoms with van der Waals surface area (Å²) in [5.41, 5.74) is 5.81. The molecule has 26 heavy (non-hydrogen) atoms. The predicted octanol–water partition coefficient (Wildman–Crippen LogP) is 2.05. The zero-order chi connectivity index (χ0) is 19.1. The number of primary amides is 1. The second kappa shape index (κ2) is 9.31. The predicted molar refractivity (Wildman–Crippen MR) is 100 cm³/mol. The summed E-state index contributed by atoms with van der Waals surface area (Å²) in [5.74, 6) is 1.03. The molecule has 1 aromatic carbocycles. The van der Waals surface area contributed by atoms with E-state index in [1.54, 1.807) is 18.2 Å². The van der Waals surface area contributed by atoms with Crippen molar-refractivity contribution in [3.63, 3.8) is 0 Å². The van der Waals surface area contributed by atoms with Crippen LogP contribution in [0.25, 0.3) is 0 Å². The fourth-order valence-corrected chi connectivity index (χ4v) is 3.07. The molecule has 0 unspecified atom stereocenters. The molecule has 0 radical (unpaired) electrons. The van der Waals surface area contributed by atoms with Crippen molar-refractivity contribution in [2.75, 3.05) is 19.0 Å². The lowest BCUT2D eigenvalue weighted by Crippen LogP contribution is -2.44. The molecule has 0 bridgehead atoms. The molecule has 7 heteroatoms. The lowest BCUT2D eigenvalue weighted by atomic mass is 9.87. The van der Waals surface area contributed by atoms with E-state index >= 15 is 0 Å². The van der Waals surface area contributed by atoms with E-state index in [1.165, 1.54) is 7.11 Å². The summed E-state index contributed by atoms with van der Waals surface area (Å²) in [7, 11) is 1.51. The number of hydrogen-bond donors (Lipinski definition) is 3. The van der Waals surface area contributed by atoms with Gasteiger partial charge in [-0.25, -0.2) is 0 Å².